The van der Waals surface area contributed by atoms with Gasteiger partial charge in [-0.2, -0.15) is 9.97 Å². The third kappa shape index (κ3) is 3.93. The molecule has 0 saturated heterocycles. The molecule has 1 rings (SSSR count). The second-order valence-electron chi connectivity index (χ2n) is 3.15. The summed E-state index contributed by atoms with van der Waals surface area (Å²) in [6, 6.07) is 1.61. The maximum Gasteiger partial charge on any atom is 0.255 e. The maximum atomic E-state index is 5.25. The molecule has 1 aromatic heterocycles. The summed E-state index contributed by atoms with van der Waals surface area (Å²) in [6.07, 6.45) is 0. The number of rotatable bonds is 4. The van der Waals surface area contributed by atoms with Crippen molar-refractivity contribution in [2.45, 2.75) is 27.7 Å². The Labute approximate surface area is 89.1 Å². The number of aromatic nitrogens is 2. The molecule has 5 heteroatoms. The highest BCUT2D eigenvalue weighted by atomic mass is 16.6. The first-order chi connectivity index (χ1) is 7.11. The summed E-state index contributed by atoms with van der Waals surface area (Å²) in [6.45, 7) is 7.92. The van der Waals surface area contributed by atoms with Crippen LogP contribution in [0.4, 0.5) is 0 Å². The van der Waals surface area contributed by atoms with Gasteiger partial charge >= 0.3 is 0 Å². The van der Waals surface area contributed by atoms with E-state index in [2.05, 4.69) is 15.1 Å². The Morgan fingerprint density at radius 1 is 1.33 bits per heavy atom. The molecular formula is C10H15N3O2. The lowest BCUT2D eigenvalue weighted by Gasteiger charge is -2.04. The number of hydrogen-bond donors (Lipinski definition) is 0. The molecule has 0 N–H and O–H groups in total. The first-order valence-electron chi connectivity index (χ1n) is 4.78. The van der Waals surface area contributed by atoms with Gasteiger partial charge in [0.05, 0.1) is 18.4 Å². The van der Waals surface area contributed by atoms with Gasteiger partial charge in [0.15, 0.2) is 0 Å². The van der Waals surface area contributed by atoms with Gasteiger partial charge in [0, 0.05) is 0 Å². The molecule has 0 aliphatic carbocycles. The van der Waals surface area contributed by atoms with Crippen LogP contribution in [0.2, 0.25) is 0 Å². The molecule has 0 aromatic carbocycles. The predicted molar refractivity (Wildman–Crippen MR) is 57.3 cm³/mol. The van der Waals surface area contributed by atoms with Crippen LogP contribution in [0.15, 0.2) is 11.2 Å². The zero-order chi connectivity index (χ0) is 11.3. The van der Waals surface area contributed by atoms with Crippen LogP contribution < -0.4 is 9.57 Å². The second-order valence-corrected chi connectivity index (χ2v) is 3.15. The highest BCUT2D eigenvalue weighted by molar-refractivity contribution is 5.78. The lowest BCUT2D eigenvalue weighted by molar-refractivity contribution is 0.303. The molecule has 0 amide bonds. The van der Waals surface area contributed by atoms with E-state index in [1.54, 1.807) is 13.0 Å². The Bertz CT molecular complexity index is 360. The number of aryl methyl sites for hydroxylation is 1. The first-order valence-corrected chi connectivity index (χ1v) is 4.78. The largest absolute Gasteiger partial charge is 0.478 e. The second kappa shape index (κ2) is 5.29. The molecule has 5 nitrogen and oxygen atoms in total. The molecule has 0 saturated carbocycles. The maximum absolute atomic E-state index is 5.25. The third-order valence-corrected chi connectivity index (χ3v) is 1.40. The number of nitrogens with zero attached hydrogens (tertiary/aromatic N) is 3. The summed E-state index contributed by atoms with van der Waals surface area (Å²) in [4.78, 5) is 13.2. The van der Waals surface area contributed by atoms with Crippen molar-refractivity contribution in [1.82, 2.24) is 9.97 Å². The Hall–Kier alpha value is -1.65. The van der Waals surface area contributed by atoms with Gasteiger partial charge in [-0.05, 0) is 27.7 Å². The first kappa shape index (κ1) is 11.4. The van der Waals surface area contributed by atoms with E-state index >= 15 is 0 Å². The van der Waals surface area contributed by atoms with Crippen LogP contribution in [0.5, 0.6) is 11.8 Å². The minimum Gasteiger partial charge on any atom is -0.478 e. The van der Waals surface area contributed by atoms with Crippen LogP contribution >= 0.6 is 0 Å². The Kier molecular flexibility index (Phi) is 4.03. The van der Waals surface area contributed by atoms with E-state index in [0.29, 0.717) is 24.2 Å². The SMILES string of the molecule is CCOc1cc(ON=C(C)C)nc(C)n1. The summed E-state index contributed by atoms with van der Waals surface area (Å²) in [5, 5.41) is 3.81. The molecule has 1 heterocycles. The van der Waals surface area contributed by atoms with Gasteiger partial charge in [0.25, 0.3) is 5.88 Å². The molecule has 0 unspecified atom stereocenters. The van der Waals surface area contributed by atoms with Crippen LogP contribution in [0.3, 0.4) is 0 Å². The fraction of sp³-hybridized carbons (Fsp3) is 0.500. The number of oxime groups is 1. The Morgan fingerprint density at radius 3 is 2.60 bits per heavy atom. The Balaban J connectivity index is 2.83. The molecule has 0 fully saturated rings. The standard InChI is InChI=1S/C10H15N3O2/c1-5-14-9-6-10(12-8(4)11-9)15-13-7(2)3/h6H,5H2,1-4H3. The van der Waals surface area contributed by atoms with Crippen molar-refractivity contribution in [2.75, 3.05) is 6.61 Å². The molecule has 0 bridgehead atoms. The quantitative estimate of drug-likeness (QED) is 0.562. The molecule has 0 aliphatic rings. The fourth-order valence-corrected chi connectivity index (χ4v) is 0.921. The average molecular weight is 209 g/mol. The van der Waals surface area contributed by atoms with Crippen molar-refractivity contribution in [3.63, 3.8) is 0 Å². The predicted octanol–water partition coefficient (Wildman–Crippen LogP) is 1.96. The van der Waals surface area contributed by atoms with Crippen LogP contribution in [-0.2, 0) is 0 Å². The molecule has 0 atom stereocenters. The molecule has 1 aromatic rings. The third-order valence-electron chi connectivity index (χ3n) is 1.40. The van der Waals surface area contributed by atoms with Crippen LogP contribution in [0.25, 0.3) is 0 Å². The lowest BCUT2D eigenvalue weighted by atomic mass is 10.5. The van der Waals surface area contributed by atoms with Gasteiger partial charge in [-0.3, -0.25) is 0 Å². The summed E-state index contributed by atoms with van der Waals surface area (Å²) >= 11 is 0. The molecule has 15 heavy (non-hydrogen) atoms. The normalized spacial score (nSPS) is 9.60. The molecule has 0 aliphatic heterocycles. The highest BCUT2D eigenvalue weighted by Crippen LogP contribution is 2.15. The zero-order valence-corrected chi connectivity index (χ0v) is 9.44. The monoisotopic (exact) mass is 209 g/mol. The number of ether oxygens (including phenoxy) is 1. The van der Waals surface area contributed by atoms with Crippen molar-refractivity contribution < 1.29 is 9.57 Å². The van der Waals surface area contributed by atoms with E-state index in [9.17, 15) is 0 Å². The van der Waals surface area contributed by atoms with Gasteiger partial charge in [-0.15, -0.1) is 0 Å². The van der Waals surface area contributed by atoms with Gasteiger partial charge in [-0.25, -0.2) is 0 Å². The van der Waals surface area contributed by atoms with E-state index in [4.69, 9.17) is 9.57 Å². The summed E-state index contributed by atoms with van der Waals surface area (Å²) in [7, 11) is 0. The minimum absolute atomic E-state index is 0.396. The van der Waals surface area contributed by atoms with Crippen LogP contribution in [0, 0.1) is 6.92 Å². The minimum atomic E-state index is 0.396. The van der Waals surface area contributed by atoms with Crippen molar-refractivity contribution in [3.05, 3.63) is 11.9 Å². The van der Waals surface area contributed by atoms with Crippen LogP contribution in [0.1, 0.15) is 26.6 Å². The van der Waals surface area contributed by atoms with Gasteiger partial charge in [0.1, 0.15) is 5.82 Å². The molecule has 0 radical (unpaired) electrons. The summed E-state index contributed by atoms with van der Waals surface area (Å²) in [5.41, 5.74) is 0.823. The summed E-state index contributed by atoms with van der Waals surface area (Å²) < 4.78 is 5.25. The summed E-state index contributed by atoms with van der Waals surface area (Å²) in [5.74, 6) is 1.50. The van der Waals surface area contributed by atoms with Crippen LogP contribution in [-0.4, -0.2) is 22.3 Å². The fourth-order valence-electron chi connectivity index (χ4n) is 0.921. The van der Waals surface area contributed by atoms with E-state index in [1.165, 1.54) is 0 Å². The number of hydrogen-bond acceptors (Lipinski definition) is 5. The van der Waals surface area contributed by atoms with Gasteiger partial charge < -0.3 is 9.57 Å². The Morgan fingerprint density at radius 2 is 2.00 bits per heavy atom. The highest BCUT2D eigenvalue weighted by Gasteiger charge is 2.03. The molecular weight excluding hydrogens is 194 g/mol. The van der Waals surface area contributed by atoms with E-state index < -0.39 is 0 Å². The van der Waals surface area contributed by atoms with Gasteiger partial charge in [0.2, 0.25) is 5.88 Å². The smallest absolute Gasteiger partial charge is 0.255 e. The van der Waals surface area contributed by atoms with Crippen molar-refractivity contribution >= 4 is 5.71 Å². The lowest BCUT2D eigenvalue weighted by Crippen LogP contribution is -2.00. The van der Waals surface area contributed by atoms with Crippen molar-refractivity contribution in [1.29, 1.82) is 0 Å². The van der Waals surface area contributed by atoms with E-state index in [-0.39, 0.29) is 0 Å². The van der Waals surface area contributed by atoms with E-state index in [0.717, 1.165) is 5.71 Å². The zero-order valence-electron chi connectivity index (χ0n) is 9.44. The topological polar surface area (TPSA) is 56.6 Å². The molecule has 0 spiro atoms. The van der Waals surface area contributed by atoms with Crippen molar-refractivity contribution in [3.8, 4) is 11.8 Å². The van der Waals surface area contributed by atoms with Gasteiger partial charge in [-0.1, -0.05) is 5.16 Å². The average Bonchev–Trinajstić information content (AvgIpc) is 2.14. The van der Waals surface area contributed by atoms with Crippen molar-refractivity contribution in [2.24, 2.45) is 5.16 Å². The molecule has 82 valence electrons. The van der Waals surface area contributed by atoms with E-state index in [1.807, 2.05) is 20.8 Å².